The second-order valence-electron chi connectivity index (χ2n) is 3.78. The quantitative estimate of drug-likeness (QED) is 0.632. The zero-order valence-electron chi connectivity index (χ0n) is 9.64. The molecular weight excluding hydrogens is 253 g/mol. The molecule has 0 aromatic heterocycles. The van der Waals surface area contributed by atoms with Crippen LogP contribution in [-0.4, -0.2) is 62.3 Å². The fraction of sp³-hybridized carbons (Fsp3) is 0.778. The Morgan fingerprint density at radius 1 is 1.17 bits per heavy atom. The van der Waals surface area contributed by atoms with Crippen LogP contribution in [-0.2, 0) is 4.79 Å². The molecule has 3 N–H and O–H groups in total. The molecule has 104 valence electrons. The lowest BCUT2D eigenvalue weighted by Gasteiger charge is -2.27. The minimum atomic E-state index is -4.46. The maximum Gasteiger partial charge on any atom is 0.405 e. The molecule has 1 rings (SSSR count). The Balaban J connectivity index is 2.19. The average molecular weight is 268 g/mol. The first-order chi connectivity index (χ1) is 8.38. The zero-order valence-corrected chi connectivity index (χ0v) is 9.64. The maximum atomic E-state index is 11.8. The molecule has 0 aromatic rings. The third-order valence-corrected chi connectivity index (χ3v) is 2.32. The summed E-state index contributed by atoms with van der Waals surface area (Å²) in [5, 5.41) is 6.77. The second kappa shape index (κ2) is 6.43. The number of hydrogen-bond donors (Lipinski definition) is 3. The monoisotopic (exact) mass is 268 g/mol. The van der Waals surface area contributed by atoms with E-state index in [0.717, 1.165) is 0 Å². The summed E-state index contributed by atoms with van der Waals surface area (Å²) < 4.78 is 35.3. The minimum Gasteiger partial charge on any atom is -0.339 e. The van der Waals surface area contributed by atoms with Crippen molar-refractivity contribution < 1.29 is 22.8 Å². The summed E-state index contributed by atoms with van der Waals surface area (Å²) in [4.78, 5) is 24.1. The summed E-state index contributed by atoms with van der Waals surface area (Å²) in [6, 6.07) is -1.00. The van der Waals surface area contributed by atoms with Gasteiger partial charge in [-0.1, -0.05) is 0 Å². The zero-order chi connectivity index (χ0) is 13.6. The van der Waals surface area contributed by atoms with Gasteiger partial charge in [-0.2, -0.15) is 13.2 Å². The van der Waals surface area contributed by atoms with Crippen molar-refractivity contribution in [1.29, 1.82) is 0 Å². The largest absolute Gasteiger partial charge is 0.405 e. The molecule has 0 bridgehead atoms. The summed E-state index contributed by atoms with van der Waals surface area (Å²) in [6.45, 7) is 0.692. The van der Waals surface area contributed by atoms with E-state index in [9.17, 15) is 22.8 Å². The van der Waals surface area contributed by atoms with Gasteiger partial charge >= 0.3 is 12.2 Å². The molecule has 3 amide bonds. The second-order valence-corrected chi connectivity index (χ2v) is 3.78. The van der Waals surface area contributed by atoms with Crippen LogP contribution in [0.5, 0.6) is 0 Å². The van der Waals surface area contributed by atoms with Gasteiger partial charge in [0.15, 0.2) is 0 Å². The first-order valence-corrected chi connectivity index (χ1v) is 5.45. The van der Waals surface area contributed by atoms with Crippen molar-refractivity contribution >= 4 is 11.9 Å². The molecule has 0 radical (unpaired) electrons. The Hall–Kier alpha value is -1.51. The van der Waals surface area contributed by atoms with Crippen LogP contribution in [0.2, 0.25) is 0 Å². The van der Waals surface area contributed by atoms with Crippen LogP contribution in [0.25, 0.3) is 0 Å². The standard InChI is InChI=1S/C9H15F3N4O2/c10-9(11,12)6-15-8(18)14-5-7(17)16-3-1-13-2-4-16/h13H,1-6H2,(H2,14,15,18). The molecule has 1 aliphatic heterocycles. The number of hydrogen-bond acceptors (Lipinski definition) is 3. The molecule has 18 heavy (non-hydrogen) atoms. The number of carbonyl (C=O) groups excluding carboxylic acids is 2. The van der Waals surface area contributed by atoms with Crippen LogP contribution in [0.3, 0.4) is 0 Å². The predicted octanol–water partition coefficient (Wildman–Crippen LogP) is -0.720. The van der Waals surface area contributed by atoms with Crippen molar-refractivity contribution in [1.82, 2.24) is 20.9 Å². The molecule has 0 aromatic carbocycles. The van der Waals surface area contributed by atoms with Gasteiger partial charge in [-0.05, 0) is 0 Å². The molecule has 6 nitrogen and oxygen atoms in total. The fourth-order valence-corrected chi connectivity index (χ4v) is 1.42. The highest BCUT2D eigenvalue weighted by molar-refractivity contribution is 5.84. The first kappa shape index (κ1) is 14.6. The van der Waals surface area contributed by atoms with Crippen LogP contribution in [0, 0.1) is 0 Å². The fourth-order valence-electron chi connectivity index (χ4n) is 1.42. The molecule has 1 heterocycles. The van der Waals surface area contributed by atoms with E-state index in [1.807, 2.05) is 0 Å². The number of urea groups is 1. The van der Waals surface area contributed by atoms with Gasteiger partial charge in [-0.15, -0.1) is 0 Å². The normalized spacial score (nSPS) is 16.3. The van der Waals surface area contributed by atoms with Crippen molar-refractivity contribution in [3.63, 3.8) is 0 Å². The van der Waals surface area contributed by atoms with Crippen molar-refractivity contribution in [3.05, 3.63) is 0 Å². The summed E-state index contributed by atoms with van der Waals surface area (Å²) in [7, 11) is 0. The average Bonchev–Trinajstić information content (AvgIpc) is 2.33. The highest BCUT2D eigenvalue weighted by Crippen LogP contribution is 2.11. The Morgan fingerprint density at radius 2 is 1.78 bits per heavy atom. The number of amides is 3. The van der Waals surface area contributed by atoms with Gasteiger partial charge in [0.05, 0.1) is 6.54 Å². The number of nitrogens with one attached hydrogen (secondary N) is 3. The van der Waals surface area contributed by atoms with E-state index in [2.05, 4.69) is 10.6 Å². The number of halogens is 3. The maximum absolute atomic E-state index is 11.8. The van der Waals surface area contributed by atoms with Crippen molar-refractivity contribution in [3.8, 4) is 0 Å². The smallest absolute Gasteiger partial charge is 0.339 e. The molecule has 0 aliphatic carbocycles. The third-order valence-electron chi connectivity index (χ3n) is 2.32. The van der Waals surface area contributed by atoms with Crippen LogP contribution in [0.4, 0.5) is 18.0 Å². The molecule has 9 heteroatoms. The van der Waals surface area contributed by atoms with Gasteiger partial charge in [-0.25, -0.2) is 4.79 Å². The van der Waals surface area contributed by atoms with Crippen LogP contribution >= 0.6 is 0 Å². The minimum absolute atomic E-state index is 0.302. The molecule has 0 unspecified atom stereocenters. The Bertz CT molecular complexity index is 303. The SMILES string of the molecule is O=C(NCC(=O)N1CCNCC1)NCC(F)(F)F. The van der Waals surface area contributed by atoms with E-state index < -0.39 is 18.8 Å². The van der Waals surface area contributed by atoms with Gasteiger partial charge in [-0.3, -0.25) is 4.79 Å². The third kappa shape index (κ3) is 5.71. The molecule has 0 atom stereocenters. The van der Waals surface area contributed by atoms with Gasteiger partial charge in [0.25, 0.3) is 0 Å². The lowest BCUT2D eigenvalue weighted by Crippen LogP contribution is -2.51. The number of carbonyl (C=O) groups is 2. The van der Waals surface area contributed by atoms with E-state index in [1.165, 1.54) is 0 Å². The van der Waals surface area contributed by atoms with E-state index in [4.69, 9.17) is 0 Å². The molecule has 1 saturated heterocycles. The first-order valence-electron chi connectivity index (χ1n) is 5.45. The number of nitrogens with zero attached hydrogens (tertiary/aromatic N) is 1. The lowest BCUT2D eigenvalue weighted by atomic mass is 10.3. The van der Waals surface area contributed by atoms with Crippen molar-refractivity contribution in [2.24, 2.45) is 0 Å². The Labute approximate surface area is 102 Å². The van der Waals surface area contributed by atoms with Crippen molar-refractivity contribution in [2.45, 2.75) is 6.18 Å². The molecule has 1 aliphatic rings. The van der Waals surface area contributed by atoms with E-state index in [-0.39, 0.29) is 12.5 Å². The van der Waals surface area contributed by atoms with Gasteiger partial charge in [0, 0.05) is 26.2 Å². The molecular formula is C9H15F3N4O2. The highest BCUT2D eigenvalue weighted by Gasteiger charge is 2.27. The summed E-state index contributed by atoms with van der Waals surface area (Å²) in [5.74, 6) is -0.307. The molecule has 1 fully saturated rings. The van der Waals surface area contributed by atoms with Crippen LogP contribution < -0.4 is 16.0 Å². The highest BCUT2D eigenvalue weighted by atomic mass is 19.4. The Kier molecular flexibility index (Phi) is 5.20. The molecule has 0 saturated carbocycles. The van der Waals surface area contributed by atoms with E-state index in [1.54, 1.807) is 10.2 Å². The summed E-state index contributed by atoms with van der Waals surface area (Å²) in [5.41, 5.74) is 0. The summed E-state index contributed by atoms with van der Waals surface area (Å²) >= 11 is 0. The predicted molar refractivity (Wildman–Crippen MR) is 56.9 cm³/mol. The number of rotatable bonds is 3. The van der Waals surface area contributed by atoms with Crippen LogP contribution in [0.1, 0.15) is 0 Å². The molecule has 0 spiro atoms. The van der Waals surface area contributed by atoms with E-state index in [0.29, 0.717) is 26.2 Å². The lowest BCUT2D eigenvalue weighted by molar-refractivity contribution is -0.130. The van der Waals surface area contributed by atoms with E-state index >= 15 is 0 Å². The number of piperazine rings is 1. The summed E-state index contributed by atoms with van der Waals surface area (Å²) in [6.07, 6.45) is -4.46. The van der Waals surface area contributed by atoms with Crippen LogP contribution in [0.15, 0.2) is 0 Å². The topological polar surface area (TPSA) is 73.5 Å². The Morgan fingerprint density at radius 3 is 2.33 bits per heavy atom. The number of alkyl halides is 3. The van der Waals surface area contributed by atoms with Gasteiger partial charge in [0.2, 0.25) is 5.91 Å². The van der Waals surface area contributed by atoms with Gasteiger partial charge in [0.1, 0.15) is 6.54 Å². The van der Waals surface area contributed by atoms with Gasteiger partial charge < -0.3 is 20.9 Å². The van der Waals surface area contributed by atoms with Crippen molar-refractivity contribution in [2.75, 3.05) is 39.3 Å².